The number of rotatable bonds is 1. The molecule has 0 aliphatic heterocycles. The van der Waals surface area contributed by atoms with Crippen molar-refractivity contribution >= 4 is 12.0 Å². The molecule has 0 atom stereocenters. The topological polar surface area (TPSA) is 43.1 Å². The normalized spacial score (nSPS) is 12.4. The Morgan fingerprint density at radius 1 is 1.31 bits per heavy atom. The molecule has 2 nitrogen and oxygen atoms in total. The van der Waals surface area contributed by atoms with Gasteiger partial charge < -0.3 is 5.73 Å². The predicted molar refractivity (Wildman–Crippen MR) is 68.4 cm³/mol. The van der Waals surface area contributed by atoms with E-state index in [4.69, 9.17) is 5.73 Å². The van der Waals surface area contributed by atoms with Crippen molar-refractivity contribution in [3.05, 3.63) is 40.5 Å². The second-order valence-electron chi connectivity index (χ2n) is 3.69. The zero-order chi connectivity index (χ0) is 12.1. The first-order valence-electron chi connectivity index (χ1n) is 5.78. The van der Waals surface area contributed by atoms with E-state index in [1.54, 1.807) is 0 Å². The summed E-state index contributed by atoms with van der Waals surface area (Å²) in [5, 5.41) is 0. The van der Waals surface area contributed by atoms with E-state index in [0.29, 0.717) is 5.56 Å². The molecule has 86 valence electrons. The minimum absolute atomic E-state index is 0.337. The van der Waals surface area contributed by atoms with Gasteiger partial charge in [0.2, 0.25) is 5.91 Å². The van der Waals surface area contributed by atoms with E-state index in [1.807, 2.05) is 32.9 Å². The zero-order valence-corrected chi connectivity index (χ0v) is 10.2. The van der Waals surface area contributed by atoms with Gasteiger partial charge in [-0.1, -0.05) is 37.6 Å². The highest BCUT2D eigenvalue weighted by Crippen LogP contribution is 2.24. The van der Waals surface area contributed by atoms with Crippen LogP contribution in [-0.2, 0) is 6.42 Å². The smallest absolute Gasteiger partial charge is 0.249 e. The second-order valence-corrected chi connectivity index (χ2v) is 3.69. The summed E-state index contributed by atoms with van der Waals surface area (Å²) in [5.74, 6) is -0.337. The van der Waals surface area contributed by atoms with Gasteiger partial charge in [0.1, 0.15) is 0 Å². The van der Waals surface area contributed by atoms with Crippen molar-refractivity contribution in [3.63, 3.8) is 0 Å². The maximum absolute atomic E-state index is 11.2. The fraction of sp³-hybridized carbons (Fsp3) is 0.357. The molecule has 0 saturated heterocycles. The van der Waals surface area contributed by atoms with Crippen molar-refractivity contribution in [1.82, 2.24) is 0 Å². The number of carbonyl (C=O) groups excluding carboxylic acids is 1. The fourth-order valence-corrected chi connectivity index (χ4v) is 1.92. The van der Waals surface area contributed by atoms with Crippen LogP contribution < -0.4 is 5.73 Å². The highest BCUT2D eigenvalue weighted by atomic mass is 16.1. The summed E-state index contributed by atoms with van der Waals surface area (Å²) in [4.78, 5) is 11.2. The Labute approximate surface area is 97.2 Å². The number of allylic oxidation sites excluding steroid dienone is 1. The average Bonchev–Trinajstić information content (AvgIpc) is 2.30. The highest BCUT2D eigenvalue weighted by molar-refractivity contribution is 5.97. The van der Waals surface area contributed by atoms with Crippen molar-refractivity contribution in [2.24, 2.45) is 5.73 Å². The first-order chi connectivity index (χ1) is 7.68. The lowest BCUT2D eigenvalue weighted by atomic mass is 9.91. The number of fused-ring (bicyclic) bond motifs is 1. The van der Waals surface area contributed by atoms with Gasteiger partial charge in [-0.25, -0.2) is 0 Å². The third-order valence-corrected chi connectivity index (χ3v) is 2.54. The third kappa shape index (κ3) is 2.51. The summed E-state index contributed by atoms with van der Waals surface area (Å²) in [6.45, 7) is 5.99. The van der Waals surface area contributed by atoms with Crippen LogP contribution in [0.15, 0.2) is 18.2 Å². The zero-order valence-electron chi connectivity index (χ0n) is 10.2. The van der Waals surface area contributed by atoms with Crippen LogP contribution in [0.5, 0.6) is 0 Å². The van der Waals surface area contributed by atoms with Crippen LogP contribution >= 0.6 is 0 Å². The average molecular weight is 217 g/mol. The summed E-state index contributed by atoms with van der Waals surface area (Å²) in [6.07, 6.45) is 6.14. The van der Waals surface area contributed by atoms with E-state index >= 15 is 0 Å². The van der Waals surface area contributed by atoms with E-state index in [0.717, 1.165) is 24.0 Å². The summed E-state index contributed by atoms with van der Waals surface area (Å²) < 4.78 is 0. The van der Waals surface area contributed by atoms with E-state index < -0.39 is 0 Å². The molecular formula is C14H19NO. The molecule has 16 heavy (non-hydrogen) atoms. The van der Waals surface area contributed by atoms with Crippen LogP contribution in [0.4, 0.5) is 0 Å². The van der Waals surface area contributed by atoms with E-state index in [9.17, 15) is 4.79 Å². The first kappa shape index (κ1) is 12.5. The number of aryl methyl sites for hydroxylation is 2. The lowest BCUT2D eigenvalue weighted by Gasteiger charge is -2.14. The molecule has 0 heterocycles. The molecule has 2 heteroatoms. The Bertz CT molecular complexity index is 419. The van der Waals surface area contributed by atoms with E-state index in [2.05, 4.69) is 12.1 Å². The summed E-state index contributed by atoms with van der Waals surface area (Å²) in [6, 6.07) is 3.99. The van der Waals surface area contributed by atoms with Gasteiger partial charge in [0.05, 0.1) is 0 Å². The van der Waals surface area contributed by atoms with Crippen LogP contribution in [0.25, 0.3) is 6.08 Å². The number of carbonyl (C=O) groups is 1. The number of nitrogens with two attached hydrogens (primary N) is 1. The largest absolute Gasteiger partial charge is 0.366 e. The predicted octanol–water partition coefficient (Wildman–Crippen LogP) is 3.08. The summed E-state index contributed by atoms with van der Waals surface area (Å²) >= 11 is 0. The minimum atomic E-state index is -0.337. The molecule has 0 bridgehead atoms. The lowest BCUT2D eigenvalue weighted by molar-refractivity contribution is 0.1000. The Morgan fingerprint density at radius 3 is 2.62 bits per heavy atom. The van der Waals surface area contributed by atoms with Crippen molar-refractivity contribution in [3.8, 4) is 0 Å². The number of amides is 1. The lowest BCUT2D eigenvalue weighted by Crippen LogP contribution is -2.15. The number of hydrogen-bond acceptors (Lipinski definition) is 1. The Kier molecular flexibility index (Phi) is 4.29. The molecule has 0 unspecified atom stereocenters. The van der Waals surface area contributed by atoms with Crippen LogP contribution in [-0.4, -0.2) is 5.91 Å². The van der Waals surface area contributed by atoms with Gasteiger partial charge >= 0.3 is 0 Å². The van der Waals surface area contributed by atoms with Crippen molar-refractivity contribution in [1.29, 1.82) is 0 Å². The maximum Gasteiger partial charge on any atom is 0.249 e. The van der Waals surface area contributed by atoms with Crippen molar-refractivity contribution in [2.75, 3.05) is 0 Å². The van der Waals surface area contributed by atoms with Gasteiger partial charge in [0.15, 0.2) is 0 Å². The monoisotopic (exact) mass is 217 g/mol. The van der Waals surface area contributed by atoms with Gasteiger partial charge in [-0.05, 0) is 37.0 Å². The van der Waals surface area contributed by atoms with Gasteiger partial charge in [-0.3, -0.25) is 4.79 Å². The number of primary amides is 1. The molecule has 0 aromatic heterocycles. The van der Waals surface area contributed by atoms with Crippen LogP contribution in [0.3, 0.4) is 0 Å². The Hall–Kier alpha value is -1.57. The number of benzene rings is 1. The van der Waals surface area contributed by atoms with E-state index in [1.165, 1.54) is 5.56 Å². The van der Waals surface area contributed by atoms with Gasteiger partial charge in [-0.15, -0.1) is 0 Å². The maximum atomic E-state index is 11.2. The molecule has 2 rings (SSSR count). The Morgan fingerprint density at radius 2 is 2.00 bits per heavy atom. The standard InChI is InChI=1S/C12H13NO.C2H6/c1-8-6-9-4-2-3-5-10(9)11(7-8)12(13)14;1-2/h3,5-7H,2,4H2,1H3,(H2,13,14);1-2H3. The van der Waals surface area contributed by atoms with E-state index in [-0.39, 0.29) is 5.91 Å². The summed E-state index contributed by atoms with van der Waals surface area (Å²) in [7, 11) is 0. The quantitative estimate of drug-likeness (QED) is 0.771. The van der Waals surface area contributed by atoms with Crippen LogP contribution in [0.1, 0.15) is 47.3 Å². The molecule has 1 aliphatic rings. The van der Waals surface area contributed by atoms with Crippen molar-refractivity contribution in [2.45, 2.75) is 33.6 Å². The molecule has 0 radical (unpaired) electrons. The Balaban J connectivity index is 0.000000606. The minimum Gasteiger partial charge on any atom is -0.366 e. The van der Waals surface area contributed by atoms with Crippen molar-refractivity contribution < 1.29 is 4.79 Å². The molecular weight excluding hydrogens is 198 g/mol. The van der Waals surface area contributed by atoms with Crippen LogP contribution in [0.2, 0.25) is 0 Å². The highest BCUT2D eigenvalue weighted by Gasteiger charge is 2.13. The fourth-order valence-electron chi connectivity index (χ4n) is 1.92. The third-order valence-electron chi connectivity index (χ3n) is 2.54. The SMILES string of the molecule is CC.Cc1cc2c(c(C(N)=O)c1)C=CCC2. The molecule has 0 spiro atoms. The molecule has 2 N–H and O–H groups in total. The summed E-state index contributed by atoms with van der Waals surface area (Å²) in [5.41, 5.74) is 9.33. The number of hydrogen-bond donors (Lipinski definition) is 1. The van der Waals surface area contributed by atoms with Crippen LogP contribution in [0, 0.1) is 6.92 Å². The second kappa shape index (κ2) is 5.50. The molecule has 0 fully saturated rings. The molecule has 0 saturated carbocycles. The van der Waals surface area contributed by atoms with Gasteiger partial charge in [0, 0.05) is 5.56 Å². The molecule has 1 aliphatic carbocycles. The molecule has 1 aromatic rings. The van der Waals surface area contributed by atoms with Gasteiger partial charge in [0.25, 0.3) is 0 Å². The first-order valence-corrected chi connectivity index (χ1v) is 5.78. The molecule has 1 amide bonds. The van der Waals surface area contributed by atoms with Gasteiger partial charge in [-0.2, -0.15) is 0 Å². The molecule has 1 aromatic carbocycles.